The van der Waals surface area contributed by atoms with E-state index in [1.54, 1.807) is 0 Å². The molecule has 0 bridgehead atoms. The second kappa shape index (κ2) is 7.84. The second-order valence-corrected chi connectivity index (χ2v) is 10.2. The molecule has 2 saturated carbocycles. The molecule has 1 aliphatic heterocycles. The molecule has 3 fully saturated rings. The van der Waals surface area contributed by atoms with E-state index in [-0.39, 0.29) is 11.5 Å². The van der Waals surface area contributed by atoms with E-state index in [1.807, 2.05) is 12.1 Å². The standard InChI is InChI=1S/C24H37N3O2/c1-24-7-6-18-17-3-2-16(28)14-20(17)22(15-19(18)21(24)4-5-23(24)29)26-10-13-27-11-8-25-9-12-27/h2-3,14,18-19,21-23,25-26,28-29H,4-13,15H2,1H3/t18?,19?,21?,22?,23-,24-/m0/s1. The van der Waals surface area contributed by atoms with Gasteiger partial charge in [-0.25, -0.2) is 0 Å². The number of rotatable bonds is 4. The quantitative estimate of drug-likeness (QED) is 0.627. The molecule has 0 aromatic heterocycles. The summed E-state index contributed by atoms with van der Waals surface area (Å²) in [6, 6.07) is 6.36. The molecule has 1 aromatic rings. The lowest BCUT2D eigenvalue weighted by Crippen LogP contribution is -2.47. The van der Waals surface area contributed by atoms with Crippen LogP contribution in [0.1, 0.15) is 62.1 Å². The number of benzene rings is 1. The number of phenols is 1. The van der Waals surface area contributed by atoms with Crippen LogP contribution in [0.5, 0.6) is 5.75 Å². The van der Waals surface area contributed by atoms with Crippen molar-refractivity contribution >= 4 is 0 Å². The first kappa shape index (κ1) is 19.8. The maximum absolute atomic E-state index is 10.7. The van der Waals surface area contributed by atoms with Gasteiger partial charge >= 0.3 is 0 Å². The van der Waals surface area contributed by atoms with Crippen molar-refractivity contribution in [2.45, 2.75) is 57.1 Å². The summed E-state index contributed by atoms with van der Waals surface area (Å²) >= 11 is 0. The highest BCUT2D eigenvalue weighted by Crippen LogP contribution is 2.62. The van der Waals surface area contributed by atoms with Crippen LogP contribution in [0.15, 0.2) is 18.2 Å². The van der Waals surface area contributed by atoms with Crippen molar-refractivity contribution in [3.8, 4) is 5.75 Å². The molecule has 4 aliphatic rings. The number of hydrogen-bond donors (Lipinski definition) is 4. The lowest BCUT2D eigenvalue weighted by Gasteiger charge is -2.51. The highest BCUT2D eigenvalue weighted by molar-refractivity contribution is 5.42. The molecule has 1 aromatic carbocycles. The molecule has 6 atom stereocenters. The maximum atomic E-state index is 10.7. The number of phenolic OH excluding ortho intramolecular Hbond substituents is 1. The molecule has 4 unspecified atom stereocenters. The number of nitrogens with zero attached hydrogens (tertiary/aromatic N) is 1. The van der Waals surface area contributed by atoms with Gasteiger partial charge in [0.15, 0.2) is 0 Å². The molecule has 4 N–H and O–H groups in total. The van der Waals surface area contributed by atoms with Crippen LogP contribution in [0.3, 0.4) is 0 Å². The minimum Gasteiger partial charge on any atom is -0.508 e. The Morgan fingerprint density at radius 1 is 1.17 bits per heavy atom. The summed E-state index contributed by atoms with van der Waals surface area (Å²) in [6.07, 6.45) is 5.43. The van der Waals surface area contributed by atoms with Crippen LogP contribution in [-0.2, 0) is 0 Å². The Morgan fingerprint density at radius 3 is 2.83 bits per heavy atom. The first-order valence-electron chi connectivity index (χ1n) is 11.7. The summed E-state index contributed by atoms with van der Waals surface area (Å²) in [5.74, 6) is 2.23. The molecular formula is C24H37N3O2. The molecule has 3 aliphatic carbocycles. The van der Waals surface area contributed by atoms with Gasteiger partial charge in [-0.3, -0.25) is 4.90 Å². The summed E-state index contributed by atoms with van der Waals surface area (Å²) in [5, 5.41) is 28.2. The van der Waals surface area contributed by atoms with Crippen LogP contribution in [0.2, 0.25) is 0 Å². The third-order valence-corrected chi connectivity index (χ3v) is 8.77. The average molecular weight is 400 g/mol. The van der Waals surface area contributed by atoms with E-state index in [9.17, 15) is 10.2 Å². The molecule has 5 nitrogen and oxygen atoms in total. The van der Waals surface area contributed by atoms with Gasteiger partial charge in [0.25, 0.3) is 0 Å². The molecule has 1 saturated heterocycles. The van der Waals surface area contributed by atoms with Gasteiger partial charge in [-0.05, 0) is 78.5 Å². The normalized spacial score (nSPS) is 39.6. The van der Waals surface area contributed by atoms with Gasteiger partial charge in [0.2, 0.25) is 0 Å². The molecule has 0 radical (unpaired) electrons. The van der Waals surface area contributed by atoms with Gasteiger partial charge in [0, 0.05) is 45.3 Å². The number of piperazine rings is 1. The number of nitrogens with one attached hydrogen (secondary N) is 2. The third kappa shape index (κ3) is 3.50. The van der Waals surface area contributed by atoms with Gasteiger partial charge in [0.1, 0.15) is 5.75 Å². The predicted octanol–water partition coefficient (Wildman–Crippen LogP) is 2.60. The molecule has 1 heterocycles. The number of aliphatic hydroxyl groups excluding tert-OH is 1. The minimum atomic E-state index is -0.131. The lowest BCUT2D eigenvalue weighted by molar-refractivity contribution is -0.0260. The first-order chi connectivity index (χ1) is 14.1. The molecule has 0 spiro atoms. The smallest absolute Gasteiger partial charge is 0.115 e. The van der Waals surface area contributed by atoms with E-state index in [0.29, 0.717) is 29.5 Å². The number of hydrogen-bond acceptors (Lipinski definition) is 5. The minimum absolute atomic E-state index is 0.0982. The van der Waals surface area contributed by atoms with Crippen molar-refractivity contribution < 1.29 is 10.2 Å². The van der Waals surface area contributed by atoms with Crippen LogP contribution in [0.25, 0.3) is 0 Å². The Labute approximate surface area is 174 Å². The molecular weight excluding hydrogens is 362 g/mol. The molecule has 160 valence electrons. The third-order valence-electron chi connectivity index (χ3n) is 8.77. The summed E-state index contributed by atoms with van der Waals surface area (Å²) in [7, 11) is 0. The van der Waals surface area contributed by atoms with Crippen molar-refractivity contribution in [3.63, 3.8) is 0 Å². The summed E-state index contributed by atoms with van der Waals surface area (Å²) in [4.78, 5) is 2.53. The van der Waals surface area contributed by atoms with E-state index in [0.717, 1.165) is 58.5 Å². The fourth-order valence-electron chi connectivity index (χ4n) is 7.10. The lowest BCUT2D eigenvalue weighted by atomic mass is 9.54. The zero-order valence-corrected chi connectivity index (χ0v) is 17.7. The van der Waals surface area contributed by atoms with E-state index in [2.05, 4.69) is 28.5 Å². The Balaban J connectivity index is 1.36. The van der Waals surface area contributed by atoms with Gasteiger partial charge in [-0.2, -0.15) is 0 Å². The van der Waals surface area contributed by atoms with Crippen molar-refractivity contribution in [1.82, 2.24) is 15.5 Å². The second-order valence-electron chi connectivity index (χ2n) is 10.2. The summed E-state index contributed by atoms with van der Waals surface area (Å²) < 4.78 is 0. The fourth-order valence-corrected chi connectivity index (χ4v) is 7.10. The van der Waals surface area contributed by atoms with Crippen molar-refractivity contribution in [3.05, 3.63) is 29.3 Å². The molecule has 5 rings (SSSR count). The van der Waals surface area contributed by atoms with Crippen molar-refractivity contribution in [2.24, 2.45) is 17.3 Å². The molecule has 29 heavy (non-hydrogen) atoms. The van der Waals surface area contributed by atoms with E-state index in [4.69, 9.17) is 0 Å². The average Bonchev–Trinajstić information content (AvgIpc) is 3.04. The van der Waals surface area contributed by atoms with Crippen LogP contribution in [0, 0.1) is 17.3 Å². The summed E-state index contributed by atoms with van der Waals surface area (Å²) in [6.45, 7) is 8.85. The summed E-state index contributed by atoms with van der Waals surface area (Å²) in [5.41, 5.74) is 2.86. The number of aliphatic hydroxyl groups is 1. The van der Waals surface area contributed by atoms with Crippen LogP contribution in [-0.4, -0.2) is 60.5 Å². The zero-order valence-electron chi connectivity index (χ0n) is 17.7. The SMILES string of the molecule is C[C@]12CCC3c4ccc(O)cc4C(NCCN4CCNCC4)CC3C1CC[C@@H]2O. The van der Waals surface area contributed by atoms with E-state index >= 15 is 0 Å². The first-order valence-corrected chi connectivity index (χ1v) is 11.7. The number of aromatic hydroxyl groups is 1. The highest BCUT2D eigenvalue weighted by atomic mass is 16.3. The van der Waals surface area contributed by atoms with Gasteiger partial charge in [0.05, 0.1) is 6.10 Å². The van der Waals surface area contributed by atoms with Crippen molar-refractivity contribution in [1.29, 1.82) is 0 Å². The van der Waals surface area contributed by atoms with Crippen molar-refractivity contribution in [2.75, 3.05) is 39.3 Å². The van der Waals surface area contributed by atoms with E-state index < -0.39 is 0 Å². The fraction of sp³-hybridized carbons (Fsp3) is 0.750. The maximum Gasteiger partial charge on any atom is 0.115 e. The largest absolute Gasteiger partial charge is 0.508 e. The highest BCUT2D eigenvalue weighted by Gasteiger charge is 2.55. The molecule has 5 heteroatoms. The van der Waals surface area contributed by atoms with E-state index in [1.165, 1.54) is 24.0 Å². The zero-order chi connectivity index (χ0) is 20.0. The van der Waals surface area contributed by atoms with Gasteiger partial charge < -0.3 is 20.8 Å². The van der Waals surface area contributed by atoms with Crippen LogP contribution >= 0.6 is 0 Å². The monoisotopic (exact) mass is 399 g/mol. The van der Waals surface area contributed by atoms with Gasteiger partial charge in [-0.1, -0.05) is 13.0 Å². The van der Waals surface area contributed by atoms with Crippen LogP contribution in [0.4, 0.5) is 0 Å². The Hall–Kier alpha value is -1.14. The molecule has 0 amide bonds. The predicted molar refractivity (Wildman–Crippen MR) is 115 cm³/mol. The Morgan fingerprint density at radius 2 is 2.00 bits per heavy atom. The topological polar surface area (TPSA) is 67.8 Å². The van der Waals surface area contributed by atoms with Crippen LogP contribution < -0.4 is 10.6 Å². The Bertz CT molecular complexity index is 735. The number of fused-ring (bicyclic) bond motifs is 5. The Kier molecular flexibility index (Phi) is 5.35. The van der Waals surface area contributed by atoms with Gasteiger partial charge in [-0.15, -0.1) is 0 Å².